The molecular formula is C15H14N4O2. The van der Waals surface area contributed by atoms with E-state index in [1.165, 1.54) is 0 Å². The number of aromatic amines is 1. The molecule has 0 saturated heterocycles. The molecule has 0 bridgehead atoms. The van der Waals surface area contributed by atoms with Crippen molar-refractivity contribution in [1.82, 2.24) is 10.2 Å². The summed E-state index contributed by atoms with van der Waals surface area (Å²) in [5.41, 5.74) is 8.84. The highest BCUT2D eigenvalue weighted by Gasteiger charge is 2.34. The van der Waals surface area contributed by atoms with Crippen molar-refractivity contribution in [2.24, 2.45) is 5.73 Å². The number of nitrogens with one attached hydrogen (secondary N) is 1. The third-order valence-electron chi connectivity index (χ3n) is 3.50. The number of nitrogens with zero attached hydrogens (tertiary/aromatic N) is 2. The van der Waals surface area contributed by atoms with Crippen LogP contribution < -0.4 is 10.5 Å². The second-order valence-electron chi connectivity index (χ2n) is 4.90. The zero-order valence-electron chi connectivity index (χ0n) is 11.7. The van der Waals surface area contributed by atoms with Crippen molar-refractivity contribution in [3.63, 3.8) is 0 Å². The van der Waals surface area contributed by atoms with Gasteiger partial charge in [-0.15, -0.1) is 5.10 Å². The number of nitriles is 1. The molecule has 6 heteroatoms. The number of fused-ring (bicyclic) bond motifs is 1. The van der Waals surface area contributed by atoms with Gasteiger partial charge < -0.3 is 14.9 Å². The molecule has 0 amide bonds. The van der Waals surface area contributed by atoms with Crippen LogP contribution in [-0.2, 0) is 0 Å². The van der Waals surface area contributed by atoms with Crippen LogP contribution in [0.2, 0.25) is 0 Å². The Hall–Kier alpha value is -2.94. The highest BCUT2D eigenvalue weighted by atomic mass is 16.5. The van der Waals surface area contributed by atoms with Crippen molar-refractivity contribution in [3.8, 4) is 11.9 Å². The van der Waals surface area contributed by atoms with E-state index in [2.05, 4.69) is 16.3 Å². The molecule has 0 radical (unpaired) electrons. The molecule has 21 heavy (non-hydrogen) atoms. The van der Waals surface area contributed by atoms with Gasteiger partial charge in [0, 0.05) is 11.3 Å². The lowest BCUT2D eigenvalue weighted by atomic mass is 9.84. The molecule has 2 aromatic rings. The lowest BCUT2D eigenvalue weighted by molar-refractivity contribution is 0.378. The number of hydrogen-bond acceptors (Lipinski definition) is 5. The van der Waals surface area contributed by atoms with Gasteiger partial charge in [-0.3, -0.25) is 5.10 Å². The van der Waals surface area contributed by atoms with Gasteiger partial charge in [-0.2, -0.15) is 5.26 Å². The van der Waals surface area contributed by atoms with Gasteiger partial charge in [0.15, 0.2) is 0 Å². The van der Waals surface area contributed by atoms with Gasteiger partial charge in [0.1, 0.15) is 17.4 Å². The SMILES string of the molecule is C/C(=C\c1ccco1)[C@@H]1C(C#N)=C(N)Oc2n[nH]c(C)c21. The summed E-state index contributed by atoms with van der Waals surface area (Å²) in [6.07, 6.45) is 3.49. The van der Waals surface area contributed by atoms with Crippen LogP contribution >= 0.6 is 0 Å². The molecule has 106 valence electrons. The second kappa shape index (κ2) is 4.87. The number of rotatable bonds is 2. The number of hydrogen-bond donors (Lipinski definition) is 2. The Balaban J connectivity index is 2.14. The molecule has 0 spiro atoms. The molecule has 0 aliphatic carbocycles. The van der Waals surface area contributed by atoms with Crippen molar-refractivity contribution in [1.29, 1.82) is 5.26 Å². The number of aromatic nitrogens is 2. The van der Waals surface area contributed by atoms with Crippen LogP contribution in [0, 0.1) is 18.3 Å². The maximum atomic E-state index is 9.41. The summed E-state index contributed by atoms with van der Waals surface area (Å²) in [5, 5.41) is 16.4. The number of furan rings is 1. The van der Waals surface area contributed by atoms with Gasteiger partial charge in [-0.25, -0.2) is 0 Å². The maximum absolute atomic E-state index is 9.41. The fourth-order valence-electron chi connectivity index (χ4n) is 2.54. The fraction of sp³-hybridized carbons (Fsp3) is 0.200. The van der Waals surface area contributed by atoms with E-state index in [1.807, 2.05) is 32.1 Å². The Morgan fingerprint density at radius 1 is 1.57 bits per heavy atom. The van der Waals surface area contributed by atoms with Crippen LogP contribution in [-0.4, -0.2) is 10.2 Å². The molecule has 3 N–H and O–H groups in total. The van der Waals surface area contributed by atoms with Gasteiger partial charge in [0.25, 0.3) is 0 Å². The first kappa shape index (κ1) is 13.1. The largest absolute Gasteiger partial charge is 0.465 e. The predicted octanol–water partition coefficient (Wildman–Crippen LogP) is 2.58. The van der Waals surface area contributed by atoms with E-state index in [0.29, 0.717) is 11.5 Å². The quantitative estimate of drug-likeness (QED) is 0.881. The number of allylic oxidation sites excluding steroid dienone is 2. The standard InChI is InChI=1S/C15H14N4O2/c1-8(6-10-4-3-5-20-10)12-11(7-16)14(17)21-15-13(12)9(2)18-19-15/h3-6,12H,17H2,1-2H3,(H,18,19)/b8-6+/t12-/m1/s1. The Labute approximate surface area is 121 Å². The second-order valence-corrected chi connectivity index (χ2v) is 4.90. The van der Waals surface area contributed by atoms with Crippen LogP contribution in [0.4, 0.5) is 0 Å². The van der Waals surface area contributed by atoms with E-state index < -0.39 is 0 Å². The van der Waals surface area contributed by atoms with Crippen molar-refractivity contribution < 1.29 is 9.15 Å². The molecule has 0 aromatic carbocycles. The maximum Gasteiger partial charge on any atom is 0.244 e. The smallest absolute Gasteiger partial charge is 0.244 e. The lowest BCUT2D eigenvalue weighted by Crippen LogP contribution is -2.20. The van der Waals surface area contributed by atoms with Crippen molar-refractivity contribution in [3.05, 3.63) is 52.4 Å². The summed E-state index contributed by atoms with van der Waals surface area (Å²) in [6, 6.07) is 5.80. The van der Waals surface area contributed by atoms with E-state index in [1.54, 1.807) is 6.26 Å². The molecule has 0 unspecified atom stereocenters. The fourth-order valence-corrected chi connectivity index (χ4v) is 2.54. The van der Waals surface area contributed by atoms with E-state index in [-0.39, 0.29) is 11.8 Å². The number of aryl methyl sites for hydroxylation is 1. The Bertz CT molecular complexity index is 775. The molecule has 2 aromatic heterocycles. The van der Waals surface area contributed by atoms with Gasteiger partial charge in [-0.1, -0.05) is 5.57 Å². The Morgan fingerprint density at radius 3 is 3.05 bits per heavy atom. The summed E-state index contributed by atoms with van der Waals surface area (Å²) in [6.45, 7) is 3.82. The minimum absolute atomic E-state index is 0.0914. The first-order valence-electron chi connectivity index (χ1n) is 6.46. The summed E-state index contributed by atoms with van der Waals surface area (Å²) < 4.78 is 10.7. The van der Waals surface area contributed by atoms with E-state index in [0.717, 1.165) is 22.6 Å². The molecule has 6 nitrogen and oxygen atoms in total. The van der Waals surface area contributed by atoms with Crippen LogP contribution in [0.25, 0.3) is 6.08 Å². The van der Waals surface area contributed by atoms with Gasteiger partial charge in [0.05, 0.1) is 12.2 Å². The molecule has 3 rings (SSSR count). The zero-order chi connectivity index (χ0) is 15.0. The Morgan fingerprint density at radius 2 is 2.38 bits per heavy atom. The van der Waals surface area contributed by atoms with Gasteiger partial charge >= 0.3 is 0 Å². The third kappa shape index (κ3) is 2.09. The van der Waals surface area contributed by atoms with E-state index >= 15 is 0 Å². The lowest BCUT2D eigenvalue weighted by Gasteiger charge is -2.23. The highest BCUT2D eigenvalue weighted by molar-refractivity contribution is 5.59. The molecule has 1 aliphatic rings. The van der Waals surface area contributed by atoms with E-state index in [9.17, 15) is 5.26 Å². The van der Waals surface area contributed by atoms with Crippen LogP contribution in [0.5, 0.6) is 5.88 Å². The first-order chi connectivity index (χ1) is 10.1. The van der Waals surface area contributed by atoms with Gasteiger partial charge in [0.2, 0.25) is 11.8 Å². The molecule has 1 aliphatic heterocycles. The zero-order valence-corrected chi connectivity index (χ0v) is 11.7. The highest BCUT2D eigenvalue weighted by Crippen LogP contribution is 2.42. The molecular weight excluding hydrogens is 268 g/mol. The number of ether oxygens (including phenoxy) is 1. The summed E-state index contributed by atoms with van der Waals surface area (Å²) in [7, 11) is 0. The normalized spacial score (nSPS) is 18.1. The molecule has 0 fully saturated rings. The summed E-state index contributed by atoms with van der Waals surface area (Å²) in [4.78, 5) is 0. The van der Waals surface area contributed by atoms with Crippen molar-refractivity contribution in [2.75, 3.05) is 0 Å². The average Bonchev–Trinajstić information content (AvgIpc) is 3.08. The van der Waals surface area contributed by atoms with Crippen LogP contribution in [0.15, 0.2) is 39.8 Å². The van der Waals surface area contributed by atoms with Crippen LogP contribution in [0.1, 0.15) is 29.9 Å². The van der Waals surface area contributed by atoms with Crippen molar-refractivity contribution in [2.45, 2.75) is 19.8 Å². The van der Waals surface area contributed by atoms with Gasteiger partial charge in [-0.05, 0) is 32.1 Å². The summed E-state index contributed by atoms with van der Waals surface area (Å²) >= 11 is 0. The van der Waals surface area contributed by atoms with Crippen LogP contribution in [0.3, 0.4) is 0 Å². The van der Waals surface area contributed by atoms with Crippen molar-refractivity contribution >= 4 is 6.08 Å². The molecule has 0 saturated carbocycles. The third-order valence-corrected chi connectivity index (χ3v) is 3.50. The topological polar surface area (TPSA) is 101 Å². The Kier molecular flexibility index (Phi) is 3.03. The minimum atomic E-state index is -0.289. The van der Waals surface area contributed by atoms with E-state index in [4.69, 9.17) is 14.9 Å². The molecule has 1 atom stereocenters. The predicted molar refractivity (Wildman–Crippen MR) is 75.9 cm³/mol. The minimum Gasteiger partial charge on any atom is -0.465 e. The summed E-state index contributed by atoms with van der Waals surface area (Å²) in [5.74, 6) is 0.940. The number of H-pyrrole nitrogens is 1. The monoisotopic (exact) mass is 282 g/mol. The molecule has 3 heterocycles. The number of nitrogens with two attached hydrogens (primary N) is 1. The first-order valence-corrected chi connectivity index (χ1v) is 6.46. The average molecular weight is 282 g/mol.